The van der Waals surface area contributed by atoms with Crippen molar-refractivity contribution in [1.82, 2.24) is 5.32 Å². The molecule has 1 aliphatic rings. The van der Waals surface area contributed by atoms with Crippen molar-refractivity contribution in [2.75, 3.05) is 13.7 Å². The van der Waals surface area contributed by atoms with Crippen LogP contribution in [0.15, 0.2) is 66.7 Å². The van der Waals surface area contributed by atoms with Gasteiger partial charge in [0.1, 0.15) is 0 Å². The van der Waals surface area contributed by atoms with Crippen molar-refractivity contribution < 1.29 is 19.1 Å². The molecule has 1 aliphatic carbocycles. The first-order valence-electron chi connectivity index (χ1n) is 11.1. The fourth-order valence-electron chi connectivity index (χ4n) is 4.24. The average Bonchev–Trinajstić information content (AvgIpc) is 3.21. The SMILES string of the molecule is COc1ccc(C(=O)NC2Cc3ccccc3C2)cc1OCCc1cccc(CC(N)=O)c1. The first kappa shape index (κ1) is 22.4. The van der Waals surface area contributed by atoms with Crippen molar-refractivity contribution in [2.24, 2.45) is 5.73 Å². The fourth-order valence-corrected chi connectivity index (χ4v) is 4.24. The molecule has 6 nitrogen and oxygen atoms in total. The second kappa shape index (κ2) is 10.2. The molecule has 0 spiro atoms. The summed E-state index contributed by atoms with van der Waals surface area (Å²) in [6.45, 7) is 0.402. The second-order valence-corrected chi connectivity index (χ2v) is 8.27. The van der Waals surface area contributed by atoms with Gasteiger partial charge >= 0.3 is 0 Å². The van der Waals surface area contributed by atoms with Gasteiger partial charge < -0.3 is 20.5 Å². The summed E-state index contributed by atoms with van der Waals surface area (Å²) in [5, 5.41) is 3.14. The molecule has 0 atom stereocenters. The largest absolute Gasteiger partial charge is 0.493 e. The Morgan fingerprint density at radius 3 is 2.36 bits per heavy atom. The summed E-state index contributed by atoms with van der Waals surface area (Å²) < 4.78 is 11.4. The molecule has 6 heteroatoms. The fraction of sp³-hybridized carbons (Fsp3) is 0.259. The topological polar surface area (TPSA) is 90.7 Å². The number of benzene rings is 3. The lowest BCUT2D eigenvalue weighted by atomic mass is 10.1. The number of ether oxygens (including phenoxy) is 2. The lowest BCUT2D eigenvalue weighted by Gasteiger charge is -2.15. The summed E-state index contributed by atoms with van der Waals surface area (Å²) in [5.41, 5.74) is 10.3. The molecule has 0 bridgehead atoms. The van der Waals surface area contributed by atoms with Crippen molar-refractivity contribution in [3.8, 4) is 11.5 Å². The third-order valence-corrected chi connectivity index (χ3v) is 5.83. The minimum Gasteiger partial charge on any atom is -0.493 e. The van der Waals surface area contributed by atoms with E-state index in [2.05, 4.69) is 17.4 Å². The predicted molar refractivity (Wildman–Crippen MR) is 127 cm³/mol. The number of amides is 2. The number of nitrogens with two attached hydrogens (primary N) is 1. The lowest BCUT2D eigenvalue weighted by Crippen LogP contribution is -2.35. The highest BCUT2D eigenvalue weighted by atomic mass is 16.5. The highest BCUT2D eigenvalue weighted by Gasteiger charge is 2.23. The summed E-state index contributed by atoms with van der Waals surface area (Å²) in [4.78, 5) is 24.0. The minimum atomic E-state index is -0.357. The van der Waals surface area contributed by atoms with Gasteiger partial charge in [-0.05, 0) is 53.3 Å². The van der Waals surface area contributed by atoms with Gasteiger partial charge in [-0.2, -0.15) is 0 Å². The number of carbonyl (C=O) groups is 2. The summed E-state index contributed by atoms with van der Waals surface area (Å²) in [7, 11) is 1.57. The Morgan fingerprint density at radius 2 is 1.67 bits per heavy atom. The van der Waals surface area contributed by atoms with Gasteiger partial charge in [0.15, 0.2) is 11.5 Å². The number of methoxy groups -OCH3 is 1. The van der Waals surface area contributed by atoms with E-state index in [1.54, 1.807) is 25.3 Å². The number of hydrogen-bond donors (Lipinski definition) is 2. The minimum absolute atomic E-state index is 0.0917. The molecule has 170 valence electrons. The van der Waals surface area contributed by atoms with Crippen molar-refractivity contribution in [3.63, 3.8) is 0 Å². The smallest absolute Gasteiger partial charge is 0.251 e. The maximum atomic E-state index is 12.9. The van der Waals surface area contributed by atoms with Crippen LogP contribution in [-0.4, -0.2) is 31.6 Å². The van der Waals surface area contributed by atoms with E-state index in [4.69, 9.17) is 15.2 Å². The zero-order chi connectivity index (χ0) is 23.2. The van der Waals surface area contributed by atoms with Gasteiger partial charge in [0, 0.05) is 18.0 Å². The van der Waals surface area contributed by atoms with Gasteiger partial charge in [0.2, 0.25) is 5.91 Å². The van der Waals surface area contributed by atoms with Crippen molar-refractivity contribution in [3.05, 3.63) is 94.5 Å². The molecule has 2 amide bonds. The van der Waals surface area contributed by atoms with E-state index < -0.39 is 0 Å². The third kappa shape index (κ3) is 5.71. The summed E-state index contributed by atoms with van der Waals surface area (Å²) in [6, 6.07) is 21.3. The van der Waals surface area contributed by atoms with Crippen molar-refractivity contribution in [1.29, 1.82) is 0 Å². The van der Waals surface area contributed by atoms with Crippen LogP contribution < -0.4 is 20.5 Å². The van der Waals surface area contributed by atoms with E-state index in [9.17, 15) is 9.59 Å². The van der Waals surface area contributed by atoms with E-state index >= 15 is 0 Å². The van der Waals surface area contributed by atoms with E-state index in [1.165, 1.54) is 11.1 Å². The van der Waals surface area contributed by atoms with Crippen LogP contribution in [0.1, 0.15) is 32.6 Å². The Bertz CT molecular complexity index is 1130. The van der Waals surface area contributed by atoms with E-state index in [0.717, 1.165) is 24.0 Å². The first-order valence-corrected chi connectivity index (χ1v) is 11.1. The third-order valence-electron chi connectivity index (χ3n) is 5.83. The van der Waals surface area contributed by atoms with Gasteiger partial charge in [-0.3, -0.25) is 9.59 Å². The van der Waals surface area contributed by atoms with Crippen LogP contribution in [0.3, 0.4) is 0 Å². The molecule has 3 N–H and O–H groups in total. The van der Waals surface area contributed by atoms with Crippen molar-refractivity contribution >= 4 is 11.8 Å². The Balaban J connectivity index is 1.37. The molecule has 0 radical (unpaired) electrons. The highest BCUT2D eigenvalue weighted by Crippen LogP contribution is 2.29. The summed E-state index contributed by atoms with van der Waals surface area (Å²) in [6.07, 6.45) is 2.55. The predicted octanol–water partition coefficient (Wildman–Crippen LogP) is 3.24. The Kier molecular flexibility index (Phi) is 6.93. The zero-order valence-electron chi connectivity index (χ0n) is 18.7. The second-order valence-electron chi connectivity index (χ2n) is 8.27. The van der Waals surface area contributed by atoms with Crippen LogP contribution in [0.2, 0.25) is 0 Å². The molecule has 0 unspecified atom stereocenters. The van der Waals surface area contributed by atoms with Gasteiger partial charge in [-0.25, -0.2) is 0 Å². The lowest BCUT2D eigenvalue weighted by molar-refractivity contribution is -0.117. The van der Waals surface area contributed by atoms with Crippen LogP contribution in [0.5, 0.6) is 11.5 Å². The standard InChI is InChI=1S/C27H28N2O4/c1-32-24-10-9-22(27(31)29-23-15-20-7-2-3-8-21(20)16-23)17-25(24)33-12-11-18-5-4-6-19(13-18)14-26(28)30/h2-10,13,17,23H,11-12,14-16H2,1H3,(H2,28,30)(H,29,31). The number of carbonyl (C=O) groups excluding carboxylic acids is 2. The number of fused-ring (bicyclic) bond motifs is 1. The molecular weight excluding hydrogens is 416 g/mol. The maximum absolute atomic E-state index is 12.9. The van der Waals surface area contributed by atoms with E-state index in [1.807, 2.05) is 36.4 Å². The van der Waals surface area contributed by atoms with E-state index in [-0.39, 0.29) is 24.3 Å². The molecule has 3 aromatic rings. The van der Waals surface area contributed by atoms with Crippen LogP contribution >= 0.6 is 0 Å². The summed E-state index contributed by atoms with van der Waals surface area (Å²) in [5.74, 6) is 0.611. The number of rotatable bonds is 9. The van der Waals surface area contributed by atoms with Crippen molar-refractivity contribution in [2.45, 2.75) is 31.7 Å². The Morgan fingerprint density at radius 1 is 0.939 bits per heavy atom. The monoisotopic (exact) mass is 444 g/mol. The van der Waals surface area contributed by atoms with Crippen LogP contribution in [0, 0.1) is 0 Å². The molecule has 0 heterocycles. The highest BCUT2D eigenvalue weighted by molar-refractivity contribution is 5.95. The maximum Gasteiger partial charge on any atom is 0.251 e. The molecule has 0 aliphatic heterocycles. The number of hydrogen-bond acceptors (Lipinski definition) is 4. The summed E-state index contributed by atoms with van der Waals surface area (Å²) >= 11 is 0. The molecular formula is C27H28N2O4. The number of nitrogens with one attached hydrogen (secondary N) is 1. The van der Waals surface area contributed by atoms with Gasteiger partial charge in [-0.1, -0.05) is 48.5 Å². The molecule has 0 fully saturated rings. The van der Waals surface area contributed by atoms with Gasteiger partial charge in [0.25, 0.3) is 5.91 Å². The Hall–Kier alpha value is -3.80. The average molecular weight is 445 g/mol. The number of primary amides is 1. The molecule has 33 heavy (non-hydrogen) atoms. The normalized spacial score (nSPS) is 12.8. The van der Waals surface area contributed by atoms with Gasteiger partial charge in [0.05, 0.1) is 20.1 Å². The van der Waals surface area contributed by atoms with Crippen LogP contribution in [-0.2, 0) is 30.5 Å². The van der Waals surface area contributed by atoms with Crippen LogP contribution in [0.4, 0.5) is 0 Å². The van der Waals surface area contributed by atoms with Crippen LogP contribution in [0.25, 0.3) is 0 Å². The van der Waals surface area contributed by atoms with E-state index in [0.29, 0.717) is 30.1 Å². The van der Waals surface area contributed by atoms with Gasteiger partial charge in [-0.15, -0.1) is 0 Å². The molecule has 0 aromatic heterocycles. The molecule has 4 rings (SSSR count). The zero-order valence-corrected chi connectivity index (χ0v) is 18.7. The molecule has 0 saturated carbocycles. The molecule has 3 aromatic carbocycles. The molecule has 0 saturated heterocycles. The quantitative estimate of drug-likeness (QED) is 0.530. The first-order chi connectivity index (χ1) is 16.0. The Labute approximate surface area is 193 Å².